The highest BCUT2D eigenvalue weighted by Crippen LogP contribution is 2.17. The van der Waals surface area contributed by atoms with Crippen molar-refractivity contribution in [2.24, 2.45) is 0 Å². The molecule has 21 heavy (non-hydrogen) atoms. The van der Waals surface area contributed by atoms with E-state index < -0.39 is 0 Å². The number of amides is 1. The van der Waals surface area contributed by atoms with Crippen LogP contribution in [0.3, 0.4) is 0 Å². The second-order valence-corrected chi connectivity index (χ2v) is 4.67. The summed E-state index contributed by atoms with van der Waals surface area (Å²) in [6, 6.07) is 12.9. The van der Waals surface area contributed by atoms with Crippen molar-refractivity contribution < 1.29 is 9.53 Å². The molecule has 4 nitrogen and oxygen atoms in total. The number of nitrogens with two attached hydrogens (primary N) is 1. The number of methoxy groups -OCH3 is 1. The second kappa shape index (κ2) is 6.61. The van der Waals surface area contributed by atoms with E-state index in [0.29, 0.717) is 11.4 Å². The van der Waals surface area contributed by atoms with E-state index in [-0.39, 0.29) is 5.91 Å². The molecule has 4 heteroatoms. The maximum absolute atomic E-state index is 11.9. The minimum atomic E-state index is -0.207. The molecule has 0 bridgehead atoms. The quantitative estimate of drug-likeness (QED) is 0.668. The molecular weight excluding hydrogens is 264 g/mol. The van der Waals surface area contributed by atoms with Gasteiger partial charge in [-0.3, -0.25) is 4.79 Å². The van der Waals surface area contributed by atoms with Crippen LogP contribution in [0.1, 0.15) is 11.1 Å². The first-order chi connectivity index (χ1) is 10.1. The first kappa shape index (κ1) is 14.7. The third-order valence-electron chi connectivity index (χ3n) is 3.07. The molecule has 0 radical (unpaired) electrons. The largest absolute Gasteiger partial charge is 0.497 e. The fourth-order valence-corrected chi connectivity index (χ4v) is 1.82. The highest BCUT2D eigenvalue weighted by Gasteiger charge is 2.00. The van der Waals surface area contributed by atoms with E-state index in [1.165, 1.54) is 6.08 Å². The van der Waals surface area contributed by atoms with Gasteiger partial charge in [0, 0.05) is 17.5 Å². The lowest BCUT2D eigenvalue weighted by molar-refractivity contribution is -0.111. The molecule has 0 aliphatic carbocycles. The summed E-state index contributed by atoms with van der Waals surface area (Å²) in [7, 11) is 1.61. The number of hydrogen-bond acceptors (Lipinski definition) is 3. The number of ether oxygens (including phenoxy) is 1. The molecule has 1 amide bonds. The normalized spacial score (nSPS) is 10.6. The SMILES string of the molecule is COc1cccc(/C=C/C(=O)Nc2ccc(C)c(N)c2)c1. The van der Waals surface area contributed by atoms with Crippen LogP contribution in [0, 0.1) is 6.92 Å². The van der Waals surface area contributed by atoms with Crippen molar-refractivity contribution in [3.63, 3.8) is 0 Å². The molecule has 0 spiro atoms. The van der Waals surface area contributed by atoms with E-state index in [1.54, 1.807) is 19.3 Å². The van der Waals surface area contributed by atoms with Crippen molar-refractivity contribution >= 4 is 23.4 Å². The fraction of sp³-hybridized carbons (Fsp3) is 0.118. The zero-order chi connectivity index (χ0) is 15.2. The predicted octanol–water partition coefficient (Wildman–Crippen LogP) is 3.24. The third-order valence-corrected chi connectivity index (χ3v) is 3.07. The van der Waals surface area contributed by atoms with Crippen LogP contribution in [0.5, 0.6) is 5.75 Å². The van der Waals surface area contributed by atoms with Crippen LogP contribution in [0.4, 0.5) is 11.4 Å². The summed E-state index contributed by atoms with van der Waals surface area (Å²) < 4.78 is 5.13. The summed E-state index contributed by atoms with van der Waals surface area (Å²) in [5.41, 5.74) is 9.03. The lowest BCUT2D eigenvalue weighted by atomic mass is 10.2. The molecule has 108 valence electrons. The number of hydrogen-bond donors (Lipinski definition) is 2. The van der Waals surface area contributed by atoms with E-state index in [4.69, 9.17) is 10.5 Å². The van der Waals surface area contributed by atoms with E-state index in [1.807, 2.05) is 43.3 Å². The van der Waals surface area contributed by atoms with Crippen LogP contribution in [0.15, 0.2) is 48.5 Å². The fourth-order valence-electron chi connectivity index (χ4n) is 1.82. The van der Waals surface area contributed by atoms with Crippen LogP contribution >= 0.6 is 0 Å². The summed E-state index contributed by atoms with van der Waals surface area (Å²) >= 11 is 0. The first-order valence-corrected chi connectivity index (χ1v) is 6.58. The van der Waals surface area contributed by atoms with Gasteiger partial charge in [-0.25, -0.2) is 0 Å². The summed E-state index contributed by atoms with van der Waals surface area (Å²) in [5.74, 6) is 0.546. The Bertz CT molecular complexity index is 678. The number of carbonyl (C=O) groups is 1. The van der Waals surface area contributed by atoms with Crippen LogP contribution < -0.4 is 15.8 Å². The minimum absolute atomic E-state index is 0.207. The molecule has 0 fully saturated rings. The molecule has 2 aromatic rings. The standard InChI is InChI=1S/C17H18N2O2/c1-12-6-8-14(11-16(12)18)19-17(20)9-7-13-4-3-5-15(10-13)21-2/h3-11H,18H2,1-2H3,(H,19,20)/b9-7+. The zero-order valence-corrected chi connectivity index (χ0v) is 12.1. The smallest absolute Gasteiger partial charge is 0.248 e. The highest BCUT2D eigenvalue weighted by molar-refractivity contribution is 6.02. The number of nitrogen functional groups attached to an aromatic ring is 1. The summed E-state index contributed by atoms with van der Waals surface area (Å²) in [4.78, 5) is 11.9. The molecule has 0 heterocycles. The Balaban J connectivity index is 2.03. The Morgan fingerprint density at radius 2 is 2.05 bits per heavy atom. The molecule has 2 aromatic carbocycles. The minimum Gasteiger partial charge on any atom is -0.497 e. The van der Waals surface area contributed by atoms with E-state index in [2.05, 4.69) is 5.32 Å². The number of nitrogens with one attached hydrogen (secondary N) is 1. The first-order valence-electron chi connectivity index (χ1n) is 6.58. The number of rotatable bonds is 4. The van der Waals surface area contributed by atoms with Crippen molar-refractivity contribution in [1.82, 2.24) is 0 Å². The third kappa shape index (κ3) is 4.11. The van der Waals surface area contributed by atoms with Crippen molar-refractivity contribution in [3.05, 3.63) is 59.7 Å². The van der Waals surface area contributed by atoms with Gasteiger partial charge >= 0.3 is 0 Å². The van der Waals surface area contributed by atoms with Crippen LogP contribution in [0.2, 0.25) is 0 Å². The monoisotopic (exact) mass is 282 g/mol. The molecule has 0 aliphatic heterocycles. The van der Waals surface area contributed by atoms with Crippen molar-refractivity contribution in [1.29, 1.82) is 0 Å². The topological polar surface area (TPSA) is 64.3 Å². The maximum atomic E-state index is 11.9. The van der Waals surface area contributed by atoms with E-state index in [0.717, 1.165) is 16.9 Å². The van der Waals surface area contributed by atoms with Crippen molar-refractivity contribution in [3.8, 4) is 5.75 Å². The highest BCUT2D eigenvalue weighted by atomic mass is 16.5. The van der Waals surface area contributed by atoms with Crippen LogP contribution in [-0.2, 0) is 4.79 Å². The molecule has 2 rings (SSSR count). The van der Waals surface area contributed by atoms with Gasteiger partial charge in [0.2, 0.25) is 5.91 Å². The maximum Gasteiger partial charge on any atom is 0.248 e. The van der Waals surface area contributed by atoms with Gasteiger partial charge in [-0.05, 0) is 48.4 Å². The molecule has 0 aromatic heterocycles. The molecule has 0 aliphatic rings. The van der Waals surface area contributed by atoms with Crippen LogP contribution in [-0.4, -0.2) is 13.0 Å². The Morgan fingerprint density at radius 3 is 2.76 bits per heavy atom. The van der Waals surface area contributed by atoms with Gasteiger partial charge in [0.15, 0.2) is 0 Å². The molecule has 0 atom stereocenters. The average molecular weight is 282 g/mol. The molecule has 0 saturated heterocycles. The Hall–Kier alpha value is -2.75. The lowest BCUT2D eigenvalue weighted by Gasteiger charge is -2.05. The van der Waals surface area contributed by atoms with Gasteiger partial charge in [-0.1, -0.05) is 18.2 Å². The van der Waals surface area contributed by atoms with Crippen LogP contribution in [0.25, 0.3) is 6.08 Å². The van der Waals surface area contributed by atoms with Crippen molar-refractivity contribution in [2.75, 3.05) is 18.2 Å². The molecule has 3 N–H and O–H groups in total. The summed E-state index contributed by atoms with van der Waals surface area (Å²) in [5, 5.41) is 2.77. The molecule has 0 saturated carbocycles. The second-order valence-electron chi connectivity index (χ2n) is 4.67. The van der Waals surface area contributed by atoms with Gasteiger partial charge in [-0.2, -0.15) is 0 Å². The average Bonchev–Trinajstić information content (AvgIpc) is 2.49. The lowest BCUT2D eigenvalue weighted by Crippen LogP contribution is -2.08. The van der Waals surface area contributed by atoms with Gasteiger partial charge in [0.1, 0.15) is 5.75 Å². The van der Waals surface area contributed by atoms with Crippen molar-refractivity contribution in [2.45, 2.75) is 6.92 Å². The van der Waals surface area contributed by atoms with Gasteiger partial charge < -0.3 is 15.8 Å². The van der Waals surface area contributed by atoms with E-state index >= 15 is 0 Å². The summed E-state index contributed by atoms with van der Waals surface area (Å²) in [6.07, 6.45) is 3.21. The molecular formula is C17H18N2O2. The molecule has 0 unspecified atom stereocenters. The van der Waals surface area contributed by atoms with E-state index in [9.17, 15) is 4.79 Å². The van der Waals surface area contributed by atoms with Gasteiger partial charge in [0.05, 0.1) is 7.11 Å². The Kier molecular flexibility index (Phi) is 4.61. The summed E-state index contributed by atoms with van der Waals surface area (Å²) in [6.45, 7) is 1.92. The number of benzene rings is 2. The number of aryl methyl sites for hydroxylation is 1. The number of anilines is 2. The zero-order valence-electron chi connectivity index (χ0n) is 12.1. The van der Waals surface area contributed by atoms with Gasteiger partial charge in [-0.15, -0.1) is 0 Å². The predicted molar refractivity (Wildman–Crippen MR) is 86.2 cm³/mol. The Morgan fingerprint density at radius 1 is 1.24 bits per heavy atom. The van der Waals surface area contributed by atoms with Gasteiger partial charge in [0.25, 0.3) is 0 Å². The Labute approximate surface area is 124 Å². The number of carbonyl (C=O) groups excluding carboxylic acids is 1.